The van der Waals surface area contributed by atoms with Crippen LogP contribution in [-0.2, 0) is 14.6 Å². The minimum absolute atomic E-state index is 0.00926. The summed E-state index contributed by atoms with van der Waals surface area (Å²) >= 11 is 0.720. The van der Waals surface area contributed by atoms with E-state index in [2.05, 4.69) is 9.39 Å². The van der Waals surface area contributed by atoms with E-state index in [0.717, 1.165) is 23.1 Å². The standard InChI is InChI=1S/C22H18N4O7S2/c1-31-16-9-6-13(11-17(16)32-2)20(28)33-14-7-4-12(5-8-14)10-15-18(23)26-21(24-19(15)27)34-25-22(26)35(3,29)30/h4-11,23H,1-3H3. The van der Waals surface area contributed by atoms with E-state index in [9.17, 15) is 18.0 Å². The number of esters is 1. The minimum atomic E-state index is -3.74. The SMILES string of the molecule is COc1ccc(C(=O)Oc2ccc(C=C3C(=N)N4C(=NC3=O)SN=C4S(C)(=O)=O)cc2)cc1OC. The summed E-state index contributed by atoms with van der Waals surface area (Å²) in [7, 11) is -0.789. The first kappa shape index (κ1) is 24.2. The van der Waals surface area contributed by atoms with E-state index in [-0.39, 0.29) is 33.1 Å². The largest absolute Gasteiger partial charge is 0.493 e. The second-order valence-electron chi connectivity index (χ2n) is 7.21. The third-order valence-electron chi connectivity index (χ3n) is 4.85. The number of benzene rings is 2. The van der Waals surface area contributed by atoms with E-state index in [1.54, 1.807) is 24.3 Å². The zero-order valence-corrected chi connectivity index (χ0v) is 20.3. The van der Waals surface area contributed by atoms with Crippen molar-refractivity contribution in [3.63, 3.8) is 0 Å². The van der Waals surface area contributed by atoms with Crippen LogP contribution in [0.1, 0.15) is 15.9 Å². The zero-order valence-electron chi connectivity index (χ0n) is 18.6. The Morgan fingerprint density at radius 1 is 1.09 bits per heavy atom. The van der Waals surface area contributed by atoms with E-state index >= 15 is 0 Å². The lowest BCUT2D eigenvalue weighted by atomic mass is 10.1. The van der Waals surface area contributed by atoms with Crippen LogP contribution in [-0.4, -0.2) is 61.8 Å². The number of amidine groups is 3. The first-order valence-electron chi connectivity index (χ1n) is 9.85. The van der Waals surface area contributed by atoms with Gasteiger partial charge in [0.1, 0.15) is 11.6 Å². The van der Waals surface area contributed by atoms with Crippen molar-refractivity contribution in [2.45, 2.75) is 0 Å². The van der Waals surface area contributed by atoms with Crippen molar-refractivity contribution in [3.8, 4) is 17.2 Å². The molecule has 2 aromatic rings. The molecule has 0 atom stereocenters. The highest BCUT2D eigenvalue weighted by atomic mass is 32.2. The third-order valence-corrected chi connectivity index (χ3v) is 6.60. The molecule has 2 aliphatic rings. The lowest BCUT2D eigenvalue weighted by molar-refractivity contribution is -0.114. The zero-order chi connectivity index (χ0) is 25.3. The molecule has 0 spiro atoms. The molecule has 0 unspecified atom stereocenters. The predicted molar refractivity (Wildman–Crippen MR) is 131 cm³/mol. The fraction of sp³-hybridized carbons (Fsp3) is 0.136. The van der Waals surface area contributed by atoms with Gasteiger partial charge in [0.25, 0.3) is 5.91 Å². The number of ether oxygens (including phenoxy) is 3. The van der Waals surface area contributed by atoms with Gasteiger partial charge in [0.05, 0.1) is 37.3 Å². The van der Waals surface area contributed by atoms with Gasteiger partial charge in [-0.05, 0) is 42.0 Å². The molecule has 0 aliphatic carbocycles. The molecule has 0 bridgehead atoms. The number of hydrogen-bond donors (Lipinski definition) is 1. The normalized spacial score (nSPS) is 16.5. The van der Waals surface area contributed by atoms with E-state index in [1.165, 1.54) is 38.5 Å². The predicted octanol–water partition coefficient (Wildman–Crippen LogP) is 2.54. The second-order valence-corrected chi connectivity index (χ2v) is 9.85. The van der Waals surface area contributed by atoms with Gasteiger partial charge in [-0.15, -0.1) is 0 Å². The number of nitrogens with zero attached hydrogens (tertiary/aromatic N) is 3. The molecule has 1 N–H and O–H groups in total. The molecule has 2 aromatic carbocycles. The first-order valence-corrected chi connectivity index (χ1v) is 12.5. The van der Waals surface area contributed by atoms with Gasteiger partial charge in [0.2, 0.25) is 20.2 Å². The number of fused-ring (bicyclic) bond motifs is 1. The van der Waals surface area contributed by atoms with Crippen molar-refractivity contribution >= 4 is 55.9 Å². The van der Waals surface area contributed by atoms with Crippen molar-refractivity contribution in [2.24, 2.45) is 9.39 Å². The molecule has 13 heteroatoms. The van der Waals surface area contributed by atoms with Gasteiger partial charge in [-0.3, -0.25) is 10.2 Å². The van der Waals surface area contributed by atoms with Crippen LogP contribution in [0.25, 0.3) is 6.08 Å². The molecule has 4 rings (SSSR count). The van der Waals surface area contributed by atoms with Gasteiger partial charge in [-0.25, -0.2) is 18.1 Å². The maximum absolute atomic E-state index is 12.5. The number of carbonyl (C=O) groups is 2. The first-order chi connectivity index (χ1) is 16.6. The van der Waals surface area contributed by atoms with Crippen LogP contribution in [0, 0.1) is 5.41 Å². The van der Waals surface area contributed by atoms with Gasteiger partial charge >= 0.3 is 5.97 Å². The van der Waals surface area contributed by atoms with Crippen molar-refractivity contribution in [3.05, 3.63) is 59.2 Å². The summed E-state index contributed by atoms with van der Waals surface area (Å²) in [6, 6.07) is 10.8. The molecule has 0 aromatic heterocycles. The van der Waals surface area contributed by atoms with E-state index in [4.69, 9.17) is 19.6 Å². The number of hydrogen-bond acceptors (Lipinski definition) is 10. The van der Waals surface area contributed by atoms with Crippen LogP contribution in [0.3, 0.4) is 0 Å². The van der Waals surface area contributed by atoms with Crippen LogP contribution >= 0.6 is 11.9 Å². The quantitative estimate of drug-likeness (QED) is 0.275. The Kier molecular flexibility index (Phi) is 6.45. The fourth-order valence-corrected chi connectivity index (χ4v) is 5.01. The smallest absolute Gasteiger partial charge is 0.343 e. The molecule has 0 fully saturated rings. The van der Waals surface area contributed by atoms with Gasteiger partial charge in [-0.2, -0.15) is 9.39 Å². The minimum Gasteiger partial charge on any atom is -0.493 e. The topological polar surface area (TPSA) is 148 Å². The Hall–Kier alpha value is -3.97. The summed E-state index contributed by atoms with van der Waals surface area (Å²) in [4.78, 5) is 29.8. The summed E-state index contributed by atoms with van der Waals surface area (Å²) in [5.74, 6) is -0.541. The van der Waals surface area contributed by atoms with E-state index in [1.807, 2.05) is 0 Å². The number of aliphatic imine (C=N–C) groups is 1. The molecule has 11 nitrogen and oxygen atoms in total. The second kappa shape index (κ2) is 9.35. The van der Waals surface area contributed by atoms with Gasteiger partial charge in [0.15, 0.2) is 11.5 Å². The lowest BCUT2D eigenvalue weighted by Gasteiger charge is -2.23. The highest BCUT2D eigenvalue weighted by Gasteiger charge is 2.41. The van der Waals surface area contributed by atoms with E-state index in [0.29, 0.717) is 17.1 Å². The van der Waals surface area contributed by atoms with Gasteiger partial charge < -0.3 is 14.2 Å². The van der Waals surface area contributed by atoms with Crippen LogP contribution < -0.4 is 14.2 Å². The summed E-state index contributed by atoms with van der Waals surface area (Å²) in [6.45, 7) is 0. The van der Waals surface area contributed by atoms with Crippen LogP contribution in [0.15, 0.2) is 57.4 Å². The monoisotopic (exact) mass is 514 g/mol. The van der Waals surface area contributed by atoms with Crippen LogP contribution in [0.2, 0.25) is 0 Å². The molecule has 180 valence electrons. The van der Waals surface area contributed by atoms with Crippen LogP contribution in [0.4, 0.5) is 0 Å². The summed E-state index contributed by atoms with van der Waals surface area (Å²) < 4.78 is 43.5. The number of rotatable bonds is 5. The van der Waals surface area contributed by atoms with E-state index < -0.39 is 21.7 Å². The average Bonchev–Trinajstić information content (AvgIpc) is 3.27. The Balaban J connectivity index is 1.53. The molecule has 0 radical (unpaired) electrons. The third kappa shape index (κ3) is 4.81. The average molecular weight is 515 g/mol. The fourth-order valence-electron chi connectivity index (χ4n) is 3.17. The molecule has 35 heavy (non-hydrogen) atoms. The van der Waals surface area contributed by atoms with Crippen molar-refractivity contribution in [2.75, 3.05) is 20.5 Å². The number of carbonyl (C=O) groups excluding carboxylic acids is 2. The molecule has 2 heterocycles. The summed E-state index contributed by atoms with van der Waals surface area (Å²) in [5, 5.41) is 8.01. The number of methoxy groups -OCH3 is 2. The molecular formula is C22H18N4O7S2. The molecule has 2 aliphatic heterocycles. The maximum atomic E-state index is 12.5. The summed E-state index contributed by atoms with van der Waals surface area (Å²) in [6.07, 6.45) is 2.36. The van der Waals surface area contributed by atoms with Gasteiger partial charge in [-0.1, -0.05) is 12.1 Å². The Morgan fingerprint density at radius 3 is 2.40 bits per heavy atom. The Bertz CT molecular complexity index is 1440. The maximum Gasteiger partial charge on any atom is 0.343 e. The van der Waals surface area contributed by atoms with Crippen molar-refractivity contribution < 1.29 is 32.2 Å². The van der Waals surface area contributed by atoms with Crippen molar-refractivity contribution in [1.82, 2.24) is 4.90 Å². The lowest BCUT2D eigenvalue weighted by Crippen LogP contribution is -2.45. The number of amides is 1. The molecule has 0 saturated carbocycles. The highest BCUT2D eigenvalue weighted by molar-refractivity contribution is 8.16. The molecule has 0 saturated heterocycles. The number of sulfone groups is 1. The molecular weight excluding hydrogens is 496 g/mol. The van der Waals surface area contributed by atoms with Gasteiger partial charge in [0, 0.05) is 6.26 Å². The molecule has 1 amide bonds. The Labute approximate surface area is 204 Å². The van der Waals surface area contributed by atoms with Crippen molar-refractivity contribution in [1.29, 1.82) is 5.41 Å². The van der Waals surface area contributed by atoms with Crippen LogP contribution in [0.5, 0.6) is 17.2 Å². The Morgan fingerprint density at radius 2 is 1.77 bits per heavy atom. The summed E-state index contributed by atoms with van der Waals surface area (Å²) in [5.41, 5.74) is 0.658. The highest BCUT2D eigenvalue weighted by Crippen LogP contribution is 2.30. The number of nitrogens with one attached hydrogen (secondary N) is 1.